The maximum atomic E-state index is 13.6. The van der Waals surface area contributed by atoms with Gasteiger partial charge in [0.15, 0.2) is 11.5 Å². The zero-order chi connectivity index (χ0) is 29.0. The first-order valence-electron chi connectivity index (χ1n) is 12.4. The number of halogens is 5. The second-order valence-corrected chi connectivity index (χ2v) is 9.43. The molecule has 0 fully saturated rings. The van der Waals surface area contributed by atoms with Crippen molar-refractivity contribution >= 4 is 28.6 Å². The molecule has 1 unspecified atom stereocenters. The molecule has 5 rings (SSSR count). The number of carbonyl (C=O) groups is 1. The molecule has 0 bridgehead atoms. The molecule has 0 saturated carbocycles. The molecule has 0 aliphatic carbocycles. The summed E-state index contributed by atoms with van der Waals surface area (Å²) in [6.07, 6.45) is -3.94. The highest BCUT2D eigenvalue weighted by atomic mass is 19.4. The summed E-state index contributed by atoms with van der Waals surface area (Å²) in [6.45, 7) is 4.35. The lowest BCUT2D eigenvalue weighted by molar-refractivity contribution is -0.284. The van der Waals surface area contributed by atoms with Crippen LogP contribution in [0.25, 0.3) is 22.6 Å². The number of nitrogens with one attached hydrogen (secondary N) is 1. The lowest BCUT2D eigenvalue weighted by Gasteiger charge is -2.23. The third kappa shape index (κ3) is 4.19. The van der Waals surface area contributed by atoms with Crippen LogP contribution in [0.4, 0.5) is 33.6 Å². The highest BCUT2D eigenvalue weighted by Crippen LogP contribution is 2.47. The second-order valence-electron chi connectivity index (χ2n) is 9.43. The van der Waals surface area contributed by atoms with Gasteiger partial charge in [-0.05, 0) is 12.8 Å². The maximum absolute atomic E-state index is 13.6. The lowest BCUT2D eigenvalue weighted by atomic mass is 9.77. The van der Waals surface area contributed by atoms with Crippen LogP contribution in [0.1, 0.15) is 50.2 Å². The van der Waals surface area contributed by atoms with Gasteiger partial charge in [0, 0.05) is 32.6 Å². The fourth-order valence-electron chi connectivity index (χ4n) is 4.78. The first kappa shape index (κ1) is 27.3. The van der Waals surface area contributed by atoms with Crippen LogP contribution >= 0.6 is 0 Å². The zero-order valence-electron chi connectivity index (χ0n) is 21.6. The molecule has 4 aromatic rings. The van der Waals surface area contributed by atoms with Gasteiger partial charge >= 0.3 is 12.1 Å². The van der Waals surface area contributed by atoms with Gasteiger partial charge in [0.1, 0.15) is 34.3 Å². The Morgan fingerprint density at radius 2 is 1.85 bits per heavy atom. The molecule has 0 radical (unpaired) electrons. The van der Waals surface area contributed by atoms with Crippen molar-refractivity contribution in [2.75, 3.05) is 11.1 Å². The average Bonchev–Trinajstić information content (AvgIpc) is 3.58. The molecule has 1 aliphatic rings. The molecular formula is C23H24F5N11O. The molecule has 1 atom stereocenters. The van der Waals surface area contributed by atoms with Gasteiger partial charge in [-0.1, -0.05) is 19.1 Å². The third-order valence-electron chi connectivity index (χ3n) is 6.87. The Morgan fingerprint density at radius 3 is 2.52 bits per heavy atom. The highest BCUT2D eigenvalue weighted by Gasteiger charge is 2.57. The van der Waals surface area contributed by atoms with Gasteiger partial charge in [-0.25, -0.2) is 19.9 Å². The van der Waals surface area contributed by atoms with Crippen LogP contribution in [-0.2, 0) is 30.2 Å². The molecule has 3 N–H and O–H groups in total. The van der Waals surface area contributed by atoms with E-state index in [2.05, 4.69) is 40.7 Å². The largest absolute Gasteiger partial charge is 0.453 e. The van der Waals surface area contributed by atoms with Crippen molar-refractivity contribution in [3.05, 3.63) is 29.5 Å². The molecule has 4 aromatic heterocycles. The van der Waals surface area contributed by atoms with Gasteiger partial charge in [0.05, 0.1) is 17.1 Å². The molecule has 0 spiro atoms. The predicted octanol–water partition coefficient (Wildman–Crippen LogP) is 3.18. The van der Waals surface area contributed by atoms with Crippen molar-refractivity contribution in [1.82, 2.24) is 44.7 Å². The van der Waals surface area contributed by atoms with Crippen molar-refractivity contribution < 1.29 is 26.7 Å². The Kier molecular flexibility index (Phi) is 6.41. The number of aryl methyl sites for hydroxylation is 3. The summed E-state index contributed by atoms with van der Waals surface area (Å²) in [4.78, 5) is 30.5. The highest BCUT2D eigenvalue weighted by molar-refractivity contribution is 6.09. The summed E-state index contributed by atoms with van der Waals surface area (Å²) in [5.74, 6) is -5.72. The van der Waals surface area contributed by atoms with Crippen molar-refractivity contribution in [3.8, 4) is 11.5 Å². The number of fused-ring (bicyclic) bond motifs is 2. The van der Waals surface area contributed by atoms with E-state index in [1.54, 1.807) is 17.8 Å². The van der Waals surface area contributed by atoms with E-state index in [9.17, 15) is 26.7 Å². The van der Waals surface area contributed by atoms with Crippen molar-refractivity contribution in [3.63, 3.8) is 0 Å². The number of aromatic nitrogens is 9. The van der Waals surface area contributed by atoms with E-state index in [0.717, 1.165) is 6.42 Å². The minimum atomic E-state index is -5.71. The average molecular weight is 566 g/mol. The summed E-state index contributed by atoms with van der Waals surface area (Å²) in [6, 6.07) is 0. The molecule has 12 nitrogen and oxygen atoms in total. The zero-order valence-corrected chi connectivity index (χ0v) is 21.6. The van der Waals surface area contributed by atoms with E-state index in [0.29, 0.717) is 23.2 Å². The van der Waals surface area contributed by atoms with E-state index < -0.39 is 36.3 Å². The number of carbonyl (C=O) groups excluding carboxylic acids is 1. The smallest absolute Gasteiger partial charge is 0.383 e. The minimum absolute atomic E-state index is 0.00932. The molecule has 212 valence electrons. The van der Waals surface area contributed by atoms with Gasteiger partial charge in [-0.2, -0.15) is 27.1 Å². The van der Waals surface area contributed by atoms with E-state index in [-0.39, 0.29) is 41.0 Å². The van der Waals surface area contributed by atoms with Crippen molar-refractivity contribution in [2.24, 2.45) is 7.05 Å². The number of anilines is 2. The number of nitrogen functional groups attached to an aromatic ring is 1. The van der Waals surface area contributed by atoms with Crippen LogP contribution in [0, 0.1) is 0 Å². The number of amides is 1. The first-order valence-corrected chi connectivity index (χ1v) is 12.4. The van der Waals surface area contributed by atoms with E-state index >= 15 is 0 Å². The van der Waals surface area contributed by atoms with Gasteiger partial charge < -0.3 is 11.1 Å². The van der Waals surface area contributed by atoms with E-state index in [1.165, 1.54) is 17.9 Å². The number of rotatable bonds is 8. The van der Waals surface area contributed by atoms with E-state index in [4.69, 9.17) is 5.73 Å². The molecule has 1 amide bonds. The topological polar surface area (TPSA) is 155 Å². The summed E-state index contributed by atoms with van der Waals surface area (Å²) < 4.78 is 68.3. The fraction of sp³-hybridized carbons (Fsp3) is 0.478. The van der Waals surface area contributed by atoms with Gasteiger partial charge in [-0.15, -0.1) is 5.10 Å². The van der Waals surface area contributed by atoms with Crippen LogP contribution in [0.15, 0.2) is 12.4 Å². The third-order valence-corrected chi connectivity index (χ3v) is 6.87. The van der Waals surface area contributed by atoms with E-state index in [1.807, 2.05) is 6.92 Å². The molecule has 40 heavy (non-hydrogen) atoms. The Hall–Kier alpha value is -4.31. The van der Waals surface area contributed by atoms with Crippen molar-refractivity contribution in [2.45, 2.75) is 63.6 Å². The SMILES string of the molecule is CCCn1cc(C2(CC)C(=O)Nc3nc(-c4nc(CCC(F)(F)C(F)(F)F)nc5c4cnn5C)nc(N)c32)nn1. The molecule has 1 aliphatic heterocycles. The fourth-order valence-corrected chi connectivity index (χ4v) is 4.78. The number of nitrogens with two attached hydrogens (primary N) is 1. The normalized spacial score (nSPS) is 17.4. The van der Waals surface area contributed by atoms with Crippen molar-refractivity contribution in [1.29, 1.82) is 0 Å². The molecule has 5 heterocycles. The molecule has 0 saturated heterocycles. The Labute approximate surface area is 223 Å². The summed E-state index contributed by atoms with van der Waals surface area (Å²) in [7, 11) is 1.52. The summed E-state index contributed by atoms with van der Waals surface area (Å²) in [5.41, 5.74) is 5.92. The number of hydrogen-bond acceptors (Lipinski definition) is 9. The quantitative estimate of drug-likeness (QED) is 0.307. The Morgan fingerprint density at radius 1 is 1.10 bits per heavy atom. The number of nitrogens with zero attached hydrogens (tertiary/aromatic N) is 9. The maximum Gasteiger partial charge on any atom is 0.453 e. The van der Waals surface area contributed by atoms with Gasteiger partial charge in [0.2, 0.25) is 5.91 Å². The molecule has 0 aromatic carbocycles. The van der Waals surface area contributed by atoms with Crippen LogP contribution in [-0.4, -0.2) is 62.7 Å². The van der Waals surface area contributed by atoms with Crippen LogP contribution in [0.5, 0.6) is 0 Å². The molecule has 17 heteroatoms. The summed E-state index contributed by atoms with van der Waals surface area (Å²) in [5, 5.41) is 15.4. The van der Waals surface area contributed by atoms with Crippen LogP contribution < -0.4 is 11.1 Å². The predicted molar refractivity (Wildman–Crippen MR) is 131 cm³/mol. The van der Waals surface area contributed by atoms with Crippen LogP contribution in [0.3, 0.4) is 0 Å². The second kappa shape index (κ2) is 9.41. The van der Waals surface area contributed by atoms with Gasteiger partial charge in [0.25, 0.3) is 0 Å². The standard InChI is InChI=1S/C23H24F5N11O/c1-4-8-39-10-12(36-37-39)21(5-2)14-16(29)33-18(34-17(14)35-20(21)40)15-11-9-30-38(3)19(11)32-13(31-15)6-7-22(24,25)23(26,27)28/h9-10H,4-8H2,1-3H3,(H3,29,33,34,35,40). The Bertz CT molecular complexity index is 1610. The minimum Gasteiger partial charge on any atom is -0.383 e. The first-order chi connectivity index (χ1) is 18.8. The Balaban J connectivity index is 1.60. The molecular weight excluding hydrogens is 541 g/mol. The van der Waals surface area contributed by atoms with Crippen LogP contribution in [0.2, 0.25) is 0 Å². The van der Waals surface area contributed by atoms with Gasteiger partial charge in [-0.3, -0.25) is 14.2 Å². The number of alkyl halides is 5. The number of hydrogen-bond donors (Lipinski definition) is 2. The monoisotopic (exact) mass is 565 g/mol. The summed E-state index contributed by atoms with van der Waals surface area (Å²) >= 11 is 0. The lowest BCUT2D eigenvalue weighted by Crippen LogP contribution is -2.36.